The number of nitriles is 1. The minimum atomic E-state index is -0.945. The van der Waals surface area contributed by atoms with Gasteiger partial charge in [-0.3, -0.25) is 9.59 Å². The number of imidazole rings is 1. The Morgan fingerprint density at radius 3 is 2.75 bits per heavy atom. The van der Waals surface area contributed by atoms with Gasteiger partial charge in [-0.15, -0.1) is 0 Å². The third-order valence-corrected chi connectivity index (χ3v) is 3.78. The normalized spacial score (nSPS) is 12.1. The second-order valence-corrected chi connectivity index (χ2v) is 5.48. The molecular weight excluding hydrogens is 274 g/mol. The molecule has 1 atom stereocenters. The highest BCUT2D eigenvalue weighted by atomic mass is 32.2. The maximum Gasteiger partial charge on any atom is 0.186 e. The van der Waals surface area contributed by atoms with Gasteiger partial charge in [0.2, 0.25) is 0 Å². The van der Waals surface area contributed by atoms with E-state index in [1.807, 2.05) is 30.3 Å². The van der Waals surface area contributed by atoms with Crippen molar-refractivity contribution < 1.29 is 9.59 Å². The molecule has 1 unspecified atom stereocenters. The monoisotopic (exact) mass is 287 g/mol. The summed E-state index contributed by atoms with van der Waals surface area (Å²) < 4.78 is 1.75. The van der Waals surface area contributed by atoms with Gasteiger partial charge in [-0.1, -0.05) is 23.9 Å². The lowest BCUT2D eigenvalue weighted by molar-refractivity contribution is -0.117. The summed E-state index contributed by atoms with van der Waals surface area (Å²) in [6, 6.07) is 9.44. The van der Waals surface area contributed by atoms with Crippen LogP contribution in [0.15, 0.2) is 24.3 Å². The molecule has 1 heterocycles. The van der Waals surface area contributed by atoms with Crippen molar-refractivity contribution in [1.29, 1.82) is 5.26 Å². The van der Waals surface area contributed by atoms with Crippen LogP contribution in [0.5, 0.6) is 0 Å². The fourth-order valence-electron chi connectivity index (χ4n) is 1.95. The van der Waals surface area contributed by atoms with E-state index < -0.39 is 5.92 Å². The number of hydrogen-bond acceptors (Lipinski definition) is 5. The minimum absolute atomic E-state index is 0.00321. The number of para-hydroxylation sites is 2. The van der Waals surface area contributed by atoms with Crippen LogP contribution < -0.4 is 0 Å². The van der Waals surface area contributed by atoms with Crippen LogP contribution in [0.1, 0.15) is 18.7 Å². The number of Topliss-reactive ketones (excluding diaryl/α,β-unsaturated/α-hetero) is 1. The topological polar surface area (TPSA) is 75.8 Å². The van der Waals surface area contributed by atoms with E-state index >= 15 is 0 Å². The average molecular weight is 287 g/mol. The van der Waals surface area contributed by atoms with Gasteiger partial charge in [0, 0.05) is 14.0 Å². The van der Waals surface area contributed by atoms with Crippen LogP contribution in [0.3, 0.4) is 0 Å². The van der Waals surface area contributed by atoms with E-state index in [4.69, 9.17) is 0 Å². The highest BCUT2D eigenvalue weighted by Crippen LogP contribution is 2.22. The van der Waals surface area contributed by atoms with Crippen molar-refractivity contribution >= 4 is 33.7 Å². The van der Waals surface area contributed by atoms with Gasteiger partial charge < -0.3 is 4.57 Å². The number of aromatic nitrogens is 2. The lowest BCUT2D eigenvalue weighted by atomic mass is 10.1. The van der Waals surface area contributed by atoms with E-state index in [0.717, 1.165) is 22.8 Å². The molecule has 2 rings (SSSR count). The maximum atomic E-state index is 12.1. The van der Waals surface area contributed by atoms with Crippen LogP contribution in [0.4, 0.5) is 0 Å². The van der Waals surface area contributed by atoms with Crippen molar-refractivity contribution in [3.05, 3.63) is 30.1 Å². The van der Waals surface area contributed by atoms with Crippen molar-refractivity contribution in [2.45, 2.75) is 12.8 Å². The van der Waals surface area contributed by atoms with E-state index in [9.17, 15) is 14.9 Å². The van der Waals surface area contributed by atoms with Gasteiger partial charge in [-0.05, 0) is 12.1 Å². The third-order valence-electron chi connectivity index (χ3n) is 2.95. The number of carbonyl (C=O) groups excluding carboxylic acids is 2. The molecule has 0 spiro atoms. The first-order valence-corrected chi connectivity index (χ1v) is 7.00. The van der Waals surface area contributed by atoms with Crippen LogP contribution in [0.25, 0.3) is 11.0 Å². The summed E-state index contributed by atoms with van der Waals surface area (Å²) in [6.07, 6.45) is 0. The fraction of sp³-hybridized carbons (Fsp3) is 0.286. The molecule has 20 heavy (non-hydrogen) atoms. The van der Waals surface area contributed by atoms with E-state index in [0.29, 0.717) is 5.82 Å². The average Bonchev–Trinajstić information content (AvgIpc) is 2.75. The number of fused-ring (bicyclic) bond motifs is 1. The minimum Gasteiger partial charge on any atom is -0.330 e. The molecule has 6 heteroatoms. The van der Waals surface area contributed by atoms with E-state index in [1.54, 1.807) is 11.6 Å². The van der Waals surface area contributed by atoms with Crippen LogP contribution in [-0.4, -0.2) is 26.2 Å². The highest BCUT2D eigenvalue weighted by molar-refractivity contribution is 8.14. The summed E-state index contributed by atoms with van der Waals surface area (Å²) in [5.74, 6) is -0.829. The molecule has 2 aromatic rings. The van der Waals surface area contributed by atoms with Gasteiger partial charge in [0.1, 0.15) is 5.82 Å². The molecule has 0 N–H and O–H groups in total. The van der Waals surface area contributed by atoms with E-state index in [2.05, 4.69) is 4.98 Å². The summed E-state index contributed by atoms with van der Waals surface area (Å²) in [7, 11) is 1.78. The van der Waals surface area contributed by atoms with Crippen LogP contribution >= 0.6 is 11.8 Å². The summed E-state index contributed by atoms with van der Waals surface area (Å²) in [6.45, 7) is 1.40. The quantitative estimate of drug-likeness (QED) is 0.860. The Morgan fingerprint density at radius 2 is 2.15 bits per heavy atom. The van der Waals surface area contributed by atoms with Crippen molar-refractivity contribution in [3.8, 4) is 6.07 Å². The Kier molecular flexibility index (Phi) is 4.20. The summed E-state index contributed by atoms with van der Waals surface area (Å²) in [5, 5.41) is 9.11. The van der Waals surface area contributed by atoms with Gasteiger partial charge in [-0.25, -0.2) is 4.98 Å². The Bertz CT molecular complexity index is 715. The van der Waals surface area contributed by atoms with Crippen molar-refractivity contribution in [2.75, 3.05) is 5.75 Å². The molecule has 102 valence electrons. The van der Waals surface area contributed by atoms with E-state index in [-0.39, 0.29) is 16.7 Å². The molecule has 0 saturated carbocycles. The van der Waals surface area contributed by atoms with Crippen molar-refractivity contribution in [1.82, 2.24) is 9.55 Å². The van der Waals surface area contributed by atoms with Crippen molar-refractivity contribution in [2.24, 2.45) is 7.05 Å². The molecule has 5 nitrogen and oxygen atoms in total. The second-order valence-electron chi connectivity index (χ2n) is 4.33. The van der Waals surface area contributed by atoms with Crippen molar-refractivity contribution in [3.63, 3.8) is 0 Å². The molecule has 0 amide bonds. The zero-order valence-electron chi connectivity index (χ0n) is 11.2. The smallest absolute Gasteiger partial charge is 0.186 e. The lowest BCUT2D eigenvalue weighted by Gasteiger charge is -2.07. The zero-order chi connectivity index (χ0) is 14.7. The molecule has 0 aliphatic rings. The number of ketones is 1. The third kappa shape index (κ3) is 2.73. The lowest BCUT2D eigenvalue weighted by Crippen LogP contribution is -2.17. The van der Waals surface area contributed by atoms with Gasteiger partial charge in [-0.2, -0.15) is 5.26 Å². The predicted molar refractivity (Wildman–Crippen MR) is 77.2 cm³/mol. The molecule has 0 bridgehead atoms. The molecule has 1 aromatic carbocycles. The Hall–Kier alpha value is -2.13. The summed E-state index contributed by atoms with van der Waals surface area (Å²) >= 11 is 0.914. The number of aryl methyl sites for hydroxylation is 1. The van der Waals surface area contributed by atoms with E-state index in [1.165, 1.54) is 6.92 Å². The first-order chi connectivity index (χ1) is 9.54. The Morgan fingerprint density at radius 1 is 1.45 bits per heavy atom. The summed E-state index contributed by atoms with van der Waals surface area (Å²) in [4.78, 5) is 27.3. The molecule has 0 saturated heterocycles. The number of nitrogens with zero attached hydrogens (tertiary/aromatic N) is 3. The van der Waals surface area contributed by atoms with Crippen LogP contribution in [0, 0.1) is 11.3 Å². The number of hydrogen-bond donors (Lipinski definition) is 0. The summed E-state index contributed by atoms with van der Waals surface area (Å²) in [5.41, 5.74) is 1.62. The number of carbonyl (C=O) groups is 2. The molecule has 0 aliphatic carbocycles. The molecule has 0 radical (unpaired) electrons. The first kappa shape index (κ1) is 14.3. The Labute approximate surface area is 120 Å². The standard InChI is InChI=1S/C14H13N3O2S/c1-9(18)20-8-13(19)10(7-15)14-16-11-5-3-4-6-12(11)17(14)2/h3-6,10H,8H2,1-2H3. The van der Waals surface area contributed by atoms with Gasteiger partial charge in [0.25, 0.3) is 0 Å². The molecule has 0 aliphatic heterocycles. The SMILES string of the molecule is CC(=O)SCC(=O)C(C#N)c1nc2ccccc2n1C. The number of rotatable bonds is 4. The Balaban J connectivity index is 2.35. The van der Waals surface area contributed by atoms with Gasteiger partial charge in [0.15, 0.2) is 16.8 Å². The highest BCUT2D eigenvalue weighted by Gasteiger charge is 2.25. The fourth-order valence-corrected chi connectivity index (χ4v) is 2.46. The number of thioether (sulfide) groups is 1. The van der Waals surface area contributed by atoms with Gasteiger partial charge in [0.05, 0.1) is 22.9 Å². The van der Waals surface area contributed by atoms with Gasteiger partial charge >= 0.3 is 0 Å². The zero-order valence-corrected chi connectivity index (χ0v) is 12.0. The molecule has 0 fully saturated rings. The maximum absolute atomic E-state index is 12.1. The predicted octanol–water partition coefficient (Wildman–Crippen LogP) is 2.03. The largest absolute Gasteiger partial charge is 0.330 e. The second kappa shape index (κ2) is 5.88. The molecule has 1 aromatic heterocycles. The van der Waals surface area contributed by atoms with Crippen LogP contribution in [0.2, 0.25) is 0 Å². The van der Waals surface area contributed by atoms with Crippen LogP contribution in [-0.2, 0) is 16.6 Å². The first-order valence-electron chi connectivity index (χ1n) is 6.01. The number of benzene rings is 1. The molecular formula is C14H13N3O2S.